The number of amides is 3. The highest BCUT2D eigenvalue weighted by Gasteiger charge is 2.76. The van der Waals surface area contributed by atoms with Gasteiger partial charge in [0.05, 0.1) is 35.8 Å². The molecule has 202 valence electrons. The first-order chi connectivity index (χ1) is 17.8. The third kappa shape index (κ3) is 4.67. The summed E-state index contributed by atoms with van der Waals surface area (Å²) in [6.07, 6.45) is 5.88. The van der Waals surface area contributed by atoms with Crippen molar-refractivity contribution in [1.29, 1.82) is 0 Å². The molecular formula is C27H36BrN3O5S. The van der Waals surface area contributed by atoms with Gasteiger partial charge >= 0.3 is 0 Å². The second kappa shape index (κ2) is 10.8. The average molecular weight is 595 g/mol. The lowest BCUT2D eigenvalue weighted by Crippen LogP contribution is -2.58. The van der Waals surface area contributed by atoms with Gasteiger partial charge in [-0.05, 0) is 57.4 Å². The van der Waals surface area contributed by atoms with Gasteiger partial charge in [-0.2, -0.15) is 0 Å². The maximum absolute atomic E-state index is 14.0. The molecule has 3 aliphatic heterocycles. The Hall–Kier alpha value is -1.78. The Bertz CT molecular complexity index is 1040. The summed E-state index contributed by atoms with van der Waals surface area (Å²) in [4.78, 5) is 43.1. The van der Waals surface area contributed by atoms with Crippen LogP contribution in [0, 0.1) is 11.8 Å². The van der Waals surface area contributed by atoms with Gasteiger partial charge in [0.25, 0.3) is 0 Å². The lowest BCUT2D eigenvalue weighted by atomic mass is 9.70. The van der Waals surface area contributed by atoms with Crippen molar-refractivity contribution in [2.45, 2.75) is 85.3 Å². The van der Waals surface area contributed by atoms with E-state index in [1.54, 1.807) is 47.9 Å². The Kier molecular flexibility index (Phi) is 7.80. The summed E-state index contributed by atoms with van der Waals surface area (Å²) in [6.45, 7) is 4.01. The van der Waals surface area contributed by atoms with Crippen molar-refractivity contribution in [1.82, 2.24) is 10.2 Å². The molecule has 2 bridgehead atoms. The summed E-state index contributed by atoms with van der Waals surface area (Å²) >= 11 is 5.40. The Morgan fingerprint density at radius 1 is 1.22 bits per heavy atom. The molecule has 4 aliphatic rings. The summed E-state index contributed by atoms with van der Waals surface area (Å²) in [7, 11) is 0. The number of aliphatic hydroxyl groups is 1. The van der Waals surface area contributed by atoms with Gasteiger partial charge in [0.15, 0.2) is 0 Å². The number of anilines is 1. The second-order valence-electron chi connectivity index (χ2n) is 10.7. The minimum Gasteiger partial charge on any atom is -0.494 e. The minimum atomic E-state index is -0.715. The van der Waals surface area contributed by atoms with E-state index in [-0.39, 0.29) is 40.4 Å². The predicted molar refractivity (Wildman–Crippen MR) is 147 cm³/mol. The van der Waals surface area contributed by atoms with Crippen molar-refractivity contribution in [2.24, 2.45) is 11.8 Å². The molecule has 8 nitrogen and oxygen atoms in total. The molecule has 1 aliphatic carbocycles. The number of likely N-dealkylation sites (tertiary alicyclic amines) is 1. The number of carbonyl (C=O) groups is 3. The Morgan fingerprint density at radius 3 is 2.57 bits per heavy atom. The Labute approximate surface area is 230 Å². The van der Waals surface area contributed by atoms with E-state index in [9.17, 15) is 19.5 Å². The van der Waals surface area contributed by atoms with Gasteiger partial charge in [-0.25, -0.2) is 0 Å². The number of ether oxygens (including phenoxy) is 1. The molecule has 10 heteroatoms. The zero-order chi connectivity index (χ0) is 26.3. The van der Waals surface area contributed by atoms with Crippen LogP contribution < -0.4 is 15.4 Å². The van der Waals surface area contributed by atoms with Crippen molar-refractivity contribution in [2.75, 3.05) is 18.5 Å². The van der Waals surface area contributed by atoms with Crippen LogP contribution in [0.4, 0.5) is 5.69 Å². The molecule has 3 amide bonds. The molecule has 3 unspecified atom stereocenters. The normalized spacial score (nSPS) is 33.8. The van der Waals surface area contributed by atoms with Gasteiger partial charge in [-0.3, -0.25) is 14.4 Å². The second-order valence-corrected chi connectivity index (χ2v) is 13.4. The standard InChI is InChI=1S/C27H36BrN3O5S/c1-3-36-18-11-9-17(10-12-18)29-24(33)20-21-26(35)31(15(2)14-32)23(27(21)13-19(28)22(20)37-27)25(34)30-16-7-5-4-6-8-16/h9-12,15-16,19-23,32H,3-8,13-14H2,1-2H3,(H,29,33)(H,30,34)/t15-,19?,20-,21+,22-,23?,27?/m1/s1. The summed E-state index contributed by atoms with van der Waals surface area (Å²) in [5.74, 6) is -1.04. The van der Waals surface area contributed by atoms with Gasteiger partial charge in [-0.1, -0.05) is 35.2 Å². The maximum Gasteiger partial charge on any atom is 0.244 e. The first-order valence-electron chi connectivity index (χ1n) is 13.4. The number of aliphatic hydroxyl groups excluding tert-OH is 1. The third-order valence-corrected chi connectivity index (χ3v) is 11.6. The molecule has 37 heavy (non-hydrogen) atoms. The smallest absolute Gasteiger partial charge is 0.244 e. The number of benzene rings is 1. The SMILES string of the molecule is CCOc1ccc(NC(=O)[C@H]2[C@@H]3SC4(CC3Br)C(C(=O)NC3CCCCC3)N([C@H](C)CO)C(=O)[C@H]24)cc1. The number of nitrogens with zero attached hydrogens (tertiary/aromatic N) is 1. The van der Waals surface area contributed by atoms with Crippen molar-refractivity contribution >= 4 is 51.1 Å². The van der Waals surface area contributed by atoms with E-state index >= 15 is 0 Å². The molecule has 0 radical (unpaired) electrons. The molecule has 7 atom stereocenters. The molecule has 0 aromatic heterocycles. The molecule has 1 saturated carbocycles. The van der Waals surface area contributed by atoms with E-state index < -0.39 is 28.7 Å². The first-order valence-corrected chi connectivity index (χ1v) is 15.2. The number of fused-ring (bicyclic) bond motifs is 1. The number of halogens is 1. The predicted octanol–water partition coefficient (Wildman–Crippen LogP) is 3.32. The largest absolute Gasteiger partial charge is 0.494 e. The van der Waals surface area contributed by atoms with Crippen LogP contribution in [0.1, 0.15) is 52.4 Å². The van der Waals surface area contributed by atoms with E-state index in [1.165, 1.54) is 6.42 Å². The van der Waals surface area contributed by atoms with Crippen LogP contribution in [-0.4, -0.2) is 73.9 Å². The lowest BCUT2D eigenvalue weighted by molar-refractivity contribution is -0.141. The number of nitrogens with one attached hydrogen (secondary N) is 2. The van der Waals surface area contributed by atoms with Gasteiger partial charge in [0.2, 0.25) is 17.7 Å². The van der Waals surface area contributed by atoms with Crippen LogP contribution in [-0.2, 0) is 14.4 Å². The van der Waals surface area contributed by atoms with Crippen LogP contribution >= 0.6 is 27.7 Å². The minimum absolute atomic E-state index is 0.00648. The molecule has 1 spiro atoms. The molecule has 4 fully saturated rings. The van der Waals surface area contributed by atoms with Gasteiger partial charge in [0.1, 0.15) is 11.8 Å². The summed E-state index contributed by atoms with van der Waals surface area (Å²) < 4.78 is 4.78. The van der Waals surface area contributed by atoms with E-state index in [0.29, 0.717) is 18.7 Å². The maximum atomic E-state index is 14.0. The highest BCUT2D eigenvalue weighted by Crippen LogP contribution is 2.68. The van der Waals surface area contributed by atoms with Crippen LogP contribution in [0.2, 0.25) is 0 Å². The van der Waals surface area contributed by atoms with E-state index in [4.69, 9.17) is 4.74 Å². The van der Waals surface area contributed by atoms with Crippen molar-refractivity contribution < 1.29 is 24.2 Å². The molecule has 3 N–H and O–H groups in total. The third-order valence-electron chi connectivity index (χ3n) is 8.40. The number of thioether (sulfide) groups is 1. The monoisotopic (exact) mass is 593 g/mol. The molecule has 5 rings (SSSR count). The quantitative estimate of drug-likeness (QED) is 0.399. The fourth-order valence-corrected chi connectivity index (χ4v) is 10.4. The van der Waals surface area contributed by atoms with Gasteiger partial charge in [-0.15, -0.1) is 11.8 Å². The van der Waals surface area contributed by atoms with Crippen molar-refractivity contribution in [3.63, 3.8) is 0 Å². The number of rotatable bonds is 8. The number of hydrogen-bond acceptors (Lipinski definition) is 6. The molecular weight excluding hydrogens is 558 g/mol. The lowest BCUT2D eigenvalue weighted by Gasteiger charge is -2.37. The zero-order valence-corrected chi connectivity index (χ0v) is 23.7. The van der Waals surface area contributed by atoms with Crippen LogP contribution in [0.25, 0.3) is 0 Å². The Morgan fingerprint density at radius 2 is 1.92 bits per heavy atom. The van der Waals surface area contributed by atoms with E-state index in [2.05, 4.69) is 26.6 Å². The van der Waals surface area contributed by atoms with E-state index in [1.807, 2.05) is 6.92 Å². The van der Waals surface area contributed by atoms with E-state index in [0.717, 1.165) is 31.4 Å². The molecule has 1 aromatic carbocycles. The van der Waals surface area contributed by atoms with Crippen LogP contribution in [0.15, 0.2) is 24.3 Å². The number of alkyl halides is 1. The fraction of sp³-hybridized carbons (Fsp3) is 0.667. The summed E-state index contributed by atoms with van der Waals surface area (Å²) in [6, 6.07) is 6.08. The number of carbonyl (C=O) groups excluding carboxylic acids is 3. The van der Waals surface area contributed by atoms with Crippen molar-refractivity contribution in [3.8, 4) is 5.75 Å². The first kappa shape index (κ1) is 26.8. The number of hydrogen-bond donors (Lipinski definition) is 3. The van der Waals surface area contributed by atoms with Crippen LogP contribution in [0.5, 0.6) is 5.75 Å². The fourth-order valence-electron chi connectivity index (χ4n) is 6.78. The zero-order valence-electron chi connectivity index (χ0n) is 21.3. The molecule has 1 aromatic rings. The Balaban J connectivity index is 1.43. The van der Waals surface area contributed by atoms with Crippen molar-refractivity contribution in [3.05, 3.63) is 24.3 Å². The van der Waals surface area contributed by atoms with Gasteiger partial charge < -0.3 is 25.4 Å². The van der Waals surface area contributed by atoms with Crippen LogP contribution in [0.3, 0.4) is 0 Å². The molecule has 3 saturated heterocycles. The summed E-state index contributed by atoms with van der Waals surface area (Å²) in [5.41, 5.74) is 0.638. The average Bonchev–Trinajstić information content (AvgIpc) is 3.48. The topological polar surface area (TPSA) is 108 Å². The summed E-state index contributed by atoms with van der Waals surface area (Å²) in [5, 5.41) is 16.1. The highest BCUT2D eigenvalue weighted by atomic mass is 79.9. The molecule has 3 heterocycles. The van der Waals surface area contributed by atoms with Gasteiger partial charge in [0, 0.05) is 21.8 Å². The highest BCUT2D eigenvalue weighted by molar-refractivity contribution is 9.09.